The molecule has 0 saturated heterocycles. The molecule has 1 aliphatic rings. The number of ether oxygens (including phenoxy) is 1. The van der Waals surface area contributed by atoms with Crippen LogP contribution in [0.5, 0.6) is 0 Å². The van der Waals surface area contributed by atoms with E-state index in [0.29, 0.717) is 5.92 Å². The van der Waals surface area contributed by atoms with Gasteiger partial charge in [0.1, 0.15) is 0 Å². The van der Waals surface area contributed by atoms with Crippen LogP contribution in [-0.4, -0.2) is 11.6 Å². The van der Waals surface area contributed by atoms with Crippen molar-refractivity contribution in [1.82, 2.24) is 4.98 Å². The summed E-state index contributed by atoms with van der Waals surface area (Å²) < 4.78 is 7.07. The van der Waals surface area contributed by atoms with Crippen LogP contribution in [-0.2, 0) is 11.2 Å². The van der Waals surface area contributed by atoms with Crippen LogP contribution in [0.25, 0.3) is 10.9 Å². The van der Waals surface area contributed by atoms with E-state index < -0.39 is 0 Å². The van der Waals surface area contributed by atoms with Gasteiger partial charge in [-0.3, -0.25) is 0 Å². The minimum Gasteiger partial charge on any atom is -0.371 e. The first kappa shape index (κ1) is 11.3. The fourth-order valence-corrected chi connectivity index (χ4v) is 3.30. The standard InChI is InChI=1S/C14H16BrNO/c1-8(2)14-13-9(6-7-17-14)12-10(15)4-3-5-11(12)16-13/h3-5,8,14,16H,6-7H2,1-2H3. The van der Waals surface area contributed by atoms with Crippen LogP contribution in [0.1, 0.15) is 31.2 Å². The van der Waals surface area contributed by atoms with Crippen molar-refractivity contribution in [3.8, 4) is 0 Å². The third-order valence-corrected chi connectivity index (χ3v) is 4.11. The molecule has 1 aromatic heterocycles. The van der Waals surface area contributed by atoms with Gasteiger partial charge in [0.15, 0.2) is 0 Å². The van der Waals surface area contributed by atoms with E-state index in [2.05, 4.69) is 53.0 Å². The third-order valence-electron chi connectivity index (χ3n) is 3.45. The second-order valence-electron chi connectivity index (χ2n) is 4.97. The van der Waals surface area contributed by atoms with E-state index in [1.165, 1.54) is 26.6 Å². The Balaban J connectivity index is 2.26. The summed E-state index contributed by atoms with van der Waals surface area (Å²) in [6.45, 7) is 5.24. The number of H-pyrrole nitrogens is 1. The molecule has 0 fully saturated rings. The van der Waals surface area contributed by atoms with E-state index in [4.69, 9.17) is 4.74 Å². The van der Waals surface area contributed by atoms with Crippen LogP contribution < -0.4 is 0 Å². The number of fused-ring (bicyclic) bond motifs is 3. The van der Waals surface area contributed by atoms with Gasteiger partial charge in [-0.05, 0) is 30.0 Å². The largest absolute Gasteiger partial charge is 0.371 e. The lowest BCUT2D eigenvalue weighted by atomic mass is 9.96. The SMILES string of the molecule is CC(C)C1OCCc2c1[nH]c1cccc(Br)c21. The molecule has 2 nitrogen and oxygen atoms in total. The molecule has 0 radical (unpaired) electrons. The van der Waals surface area contributed by atoms with Crippen molar-refractivity contribution in [1.29, 1.82) is 0 Å². The van der Waals surface area contributed by atoms with Crippen LogP contribution in [0, 0.1) is 5.92 Å². The molecule has 3 heteroatoms. The predicted molar refractivity (Wildman–Crippen MR) is 73.2 cm³/mol. The van der Waals surface area contributed by atoms with E-state index in [0.717, 1.165) is 13.0 Å². The summed E-state index contributed by atoms with van der Waals surface area (Å²) >= 11 is 3.65. The number of aromatic amines is 1. The van der Waals surface area contributed by atoms with Crippen LogP contribution >= 0.6 is 15.9 Å². The highest BCUT2D eigenvalue weighted by Crippen LogP contribution is 2.38. The number of rotatable bonds is 1. The smallest absolute Gasteiger partial charge is 0.0998 e. The lowest BCUT2D eigenvalue weighted by molar-refractivity contribution is 0.00916. The van der Waals surface area contributed by atoms with Gasteiger partial charge in [-0.25, -0.2) is 0 Å². The van der Waals surface area contributed by atoms with Gasteiger partial charge >= 0.3 is 0 Å². The Hall–Kier alpha value is -0.800. The second-order valence-corrected chi connectivity index (χ2v) is 5.82. The quantitative estimate of drug-likeness (QED) is 0.837. The normalized spacial score (nSPS) is 19.9. The number of hydrogen-bond acceptors (Lipinski definition) is 1. The third kappa shape index (κ3) is 1.72. The topological polar surface area (TPSA) is 25.0 Å². The molecule has 0 saturated carbocycles. The van der Waals surface area contributed by atoms with Crippen molar-refractivity contribution in [2.75, 3.05) is 6.61 Å². The van der Waals surface area contributed by atoms with Crippen molar-refractivity contribution >= 4 is 26.8 Å². The molecule has 1 atom stereocenters. The number of hydrogen-bond donors (Lipinski definition) is 1. The van der Waals surface area contributed by atoms with Crippen molar-refractivity contribution in [3.05, 3.63) is 33.9 Å². The first-order valence-corrected chi connectivity index (χ1v) is 6.88. The maximum absolute atomic E-state index is 5.89. The average molecular weight is 294 g/mol. The van der Waals surface area contributed by atoms with Crippen LogP contribution in [0.15, 0.2) is 22.7 Å². The van der Waals surface area contributed by atoms with Gasteiger partial charge in [0.25, 0.3) is 0 Å². The predicted octanol–water partition coefficient (Wildman–Crippen LogP) is 4.20. The molecular weight excluding hydrogens is 278 g/mol. The van der Waals surface area contributed by atoms with Gasteiger partial charge in [-0.2, -0.15) is 0 Å². The highest BCUT2D eigenvalue weighted by Gasteiger charge is 2.27. The molecule has 2 heterocycles. The monoisotopic (exact) mass is 293 g/mol. The average Bonchev–Trinajstić information content (AvgIpc) is 2.67. The molecule has 1 N–H and O–H groups in total. The minimum atomic E-state index is 0.207. The molecule has 17 heavy (non-hydrogen) atoms. The second kappa shape index (κ2) is 4.14. The molecule has 0 amide bonds. The van der Waals surface area contributed by atoms with Gasteiger partial charge in [-0.1, -0.05) is 35.8 Å². The van der Waals surface area contributed by atoms with E-state index in [9.17, 15) is 0 Å². The van der Waals surface area contributed by atoms with Gasteiger partial charge in [-0.15, -0.1) is 0 Å². The Labute approximate surface area is 109 Å². The molecule has 2 aromatic rings. The summed E-state index contributed by atoms with van der Waals surface area (Å²) in [4.78, 5) is 3.53. The summed E-state index contributed by atoms with van der Waals surface area (Å²) in [6.07, 6.45) is 1.21. The molecule has 0 bridgehead atoms. The van der Waals surface area contributed by atoms with Crippen molar-refractivity contribution in [3.63, 3.8) is 0 Å². The molecule has 90 valence electrons. The zero-order valence-electron chi connectivity index (χ0n) is 10.1. The van der Waals surface area contributed by atoms with E-state index in [1.54, 1.807) is 0 Å². The summed E-state index contributed by atoms with van der Waals surface area (Å²) in [5, 5.41) is 1.33. The number of aromatic nitrogens is 1. The number of nitrogens with one attached hydrogen (secondary N) is 1. The molecular formula is C14H16BrNO. The Kier molecular flexibility index (Phi) is 2.75. The molecule has 0 aliphatic carbocycles. The zero-order chi connectivity index (χ0) is 12.0. The lowest BCUT2D eigenvalue weighted by Gasteiger charge is -2.26. The maximum atomic E-state index is 5.89. The van der Waals surface area contributed by atoms with Crippen LogP contribution in [0.3, 0.4) is 0 Å². The van der Waals surface area contributed by atoms with E-state index >= 15 is 0 Å². The molecule has 1 aliphatic heterocycles. The first-order valence-electron chi connectivity index (χ1n) is 6.09. The first-order chi connectivity index (χ1) is 8.18. The van der Waals surface area contributed by atoms with Crippen molar-refractivity contribution < 1.29 is 4.74 Å². The molecule has 0 spiro atoms. The molecule has 1 aromatic carbocycles. The fourth-order valence-electron chi connectivity index (χ4n) is 2.69. The number of benzene rings is 1. The van der Waals surface area contributed by atoms with Crippen LogP contribution in [0.4, 0.5) is 0 Å². The Morgan fingerprint density at radius 2 is 2.24 bits per heavy atom. The maximum Gasteiger partial charge on any atom is 0.0998 e. The zero-order valence-corrected chi connectivity index (χ0v) is 11.7. The van der Waals surface area contributed by atoms with Gasteiger partial charge < -0.3 is 9.72 Å². The fraction of sp³-hybridized carbons (Fsp3) is 0.429. The van der Waals surface area contributed by atoms with E-state index in [1.807, 2.05) is 0 Å². The minimum absolute atomic E-state index is 0.207. The summed E-state index contributed by atoms with van der Waals surface area (Å²) in [5.74, 6) is 0.501. The van der Waals surface area contributed by atoms with Crippen LogP contribution in [0.2, 0.25) is 0 Å². The lowest BCUT2D eigenvalue weighted by Crippen LogP contribution is -2.20. The van der Waals surface area contributed by atoms with Crippen molar-refractivity contribution in [2.24, 2.45) is 5.92 Å². The summed E-state index contributed by atoms with van der Waals surface area (Å²) in [6, 6.07) is 6.31. The molecule has 1 unspecified atom stereocenters. The van der Waals surface area contributed by atoms with Gasteiger partial charge in [0.2, 0.25) is 0 Å². The van der Waals surface area contributed by atoms with Gasteiger partial charge in [0.05, 0.1) is 12.7 Å². The summed E-state index contributed by atoms with van der Waals surface area (Å²) in [7, 11) is 0. The Bertz CT molecular complexity index is 559. The Morgan fingerprint density at radius 1 is 1.41 bits per heavy atom. The van der Waals surface area contributed by atoms with Gasteiger partial charge in [0, 0.05) is 21.1 Å². The highest BCUT2D eigenvalue weighted by molar-refractivity contribution is 9.10. The van der Waals surface area contributed by atoms with Crippen molar-refractivity contribution in [2.45, 2.75) is 26.4 Å². The Morgan fingerprint density at radius 3 is 3.00 bits per heavy atom. The van der Waals surface area contributed by atoms with E-state index in [-0.39, 0.29) is 6.10 Å². The summed E-state index contributed by atoms with van der Waals surface area (Å²) in [5.41, 5.74) is 3.91. The highest BCUT2D eigenvalue weighted by atomic mass is 79.9. The molecule has 3 rings (SSSR count). The number of halogens is 1.